The van der Waals surface area contributed by atoms with Crippen LogP contribution in [0.25, 0.3) is 0 Å². The molecular weight excluding hydrogens is 251 g/mol. The smallest absolute Gasteiger partial charge is 0.190 e. The molecular formula is C13H13FN2OS. The molecule has 0 unspecified atom stereocenters. The summed E-state index contributed by atoms with van der Waals surface area (Å²) < 4.78 is 13.2. The first-order valence-electron chi connectivity index (χ1n) is 5.46. The van der Waals surface area contributed by atoms with E-state index in [2.05, 4.69) is 4.98 Å². The van der Waals surface area contributed by atoms with Crippen LogP contribution in [0.2, 0.25) is 0 Å². The van der Waals surface area contributed by atoms with Crippen molar-refractivity contribution >= 4 is 27.9 Å². The minimum absolute atomic E-state index is 0.00360. The van der Waals surface area contributed by atoms with Crippen LogP contribution in [-0.2, 0) is 0 Å². The number of ketones is 1. The van der Waals surface area contributed by atoms with Crippen molar-refractivity contribution in [2.45, 2.75) is 13.8 Å². The quantitative estimate of drug-likeness (QED) is 0.795. The van der Waals surface area contributed by atoms with Crippen molar-refractivity contribution in [3.8, 4) is 0 Å². The van der Waals surface area contributed by atoms with Crippen LogP contribution in [-0.4, -0.2) is 17.8 Å². The highest BCUT2D eigenvalue weighted by molar-refractivity contribution is 7.17. The maximum absolute atomic E-state index is 13.2. The number of Topliss-reactive ketones (excluding diaryl/α,β-unsaturated/α-hetero) is 1. The minimum Gasteiger partial charge on any atom is -0.321 e. The minimum atomic E-state index is -0.292. The highest BCUT2D eigenvalue weighted by atomic mass is 32.1. The largest absolute Gasteiger partial charge is 0.321 e. The molecule has 0 atom stereocenters. The first-order valence-corrected chi connectivity index (χ1v) is 6.28. The molecule has 0 aliphatic rings. The number of carbonyl (C=O) groups is 1. The molecule has 0 fully saturated rings. The van der Waals surface area contributed by atoms with Crippen molar-refractivity contribution in [2.24, 2.45) is 0 Å². The third-order valence-electron chi connectivity index (χ3n) is 2.59. The average Bonchev–Trinajstić information content (AvgIpc) is 2.70. The first-order chi connectivity index (χ1) is 8.49. The number of halogens is 1. The standard InChI is InChI=1S/C13H13FN2OS/c1-8-12(9(2)17)18-13(15-8)16(3)11-6-4-5-10(14)7-11/h4-7H,1-3H3. The molecule has 0 radical (unpaired) electrons. The highest BCUT2D eigenvalue weighted by Crippen LogP contribution is 2.30. The number of anilines is 2. The van der Waals surface area contributed by atoms with Gasteiger partial charge in [-0.15, -0.1) is 0 Å². The molecule has 0 saturated heterocycles. The van der Waals surface area contributed by atoms with E-state index in [9.17, 15) is 9.18 Å². The Balaban J connectivity index is 2.37. The van der Waals surface area contributed by atoms with Gasteiger partial charge in [-0.05, 0) is 25.1 Å². The van der Waals surface area contributed by atoms with Crippen LogP contribution in [0, 0.1) is 12.7 Å². The molecule has 1 aromatic carbocycles. The second kappa shape index (κ2) is 4.86. The Morgan fingerprint density at radius 1 is 1.44 bits per heavy atom. The van der Waals surface area contributed by atoms with Gasteiger partial charge in [0.25, 0.3) is 0 Å². The van der Waals surface area contributed by atoms with Crippen molar-refractivity contribution in [3.63, 3.8) is 0 Å². The monoisotopic (exact) mass is 264 g/mol. The Kier molecular flexibility index (Phi) is 3.43. The van der Waals surface area contributed by atoms with Gasteiger partial charge in [0, 0.05) is 19.7 Å². The van der Waals surface area contributed by atoms with Gasteiger partial charge in [0.05, 0.1) is 10.6 Å². The molecule has 5 heteroatoms. The molecule has 0 spiro atoms. The van der Waals surface area contributed by atoms with Crippen LogP contribution in [0.3, 0.4) is 0 Å². The molecule has 0 aliphatic heterocycles. The van der Waals surface area contributed by atoms with E-state index in [1.807, 2.05) is 0 Å². The van der Waals surface area contributed by atoms with Crippen molar-refractivity contribution in [3.05, 3.63) is 40.7 Å². The second-order valence-corrected chi connectivity index (χ2v) is 4.98. The van der Waals surface area contributed by atoms with Gasteiger partial charge in [-0.25, -0.2) is 9.37 Å². The number of hydrogen-bond acceptors (Lipinski definition) is 4. The maximum Gasteiger partial charge on any atom is 0.190 e. The van der Waals surface area contributed by atoms with E-state index >= 15 is 0 Å². The lowest BCUT2D eigenvalue weighted by Crippen LogP contribution is -2.09. The Morgan fingerprint density at radius 3 is 2.72 bits per heavy atom. The summed E-state index contributed by atoms with van der Waals surface area (Å²) in [6.45, 7) is 3.32. The Hall–Kier alpha value is -1.75. The molecule has 3 nitrogen and oxygen atoms in total. The van der Waals surface area contributed by atoms with Crippen LogP contribution in [0.1, 0.15) is 22.3 Å². The topological polar surface area (TPSA) is 33.2 Å². The number of aryl methyl sites for hydroxylation is 1. The number of carbonyl (C=O) groups excluding carboxylic acids is 1. The highest BCUT2D eigenvalue weighted by Gasteiger charge is 2.15. The van der Waals surface area contributed by atoms with Gasteiger partial charge < -0.3 is 4.90 Å². The normalized spacial score (nSPS) is 10.4. The van der Waals surface area contributed by atoms with E-state index in [0.29, 0.717) is 21.4 Å². The van der Waals surface area contributed by atoms with Gasteiger partial charge >= 0.3 is 0 Å². The van der Waals surface area contributed by atoms with E-state index in [-0.39, 0.29) is 11.6 Å². The van der Waals surface area contributed by atoms with Crippen LogP contribution in [0.5, 0.6) is 0 Å². The fourth-order valence-corrected chi connectivity index (χ4v) is 2.59. The van der Waals surface area contributed by atoms with Gasteiger partial charge in [-0.3, -0.25) is 4.79 Å². The molecule has 2 aromatic rings. The molecule has 94 valence electrons. The van der Waals surface area contributed by atoms with Crippen LogP contribution < -0.4 is 4.90 Å². The zero-order chi connectivity index (χ0) is 13.3. The lowest BCUT2D eigenvalue weighted by atomic mass is 10.3. The number of nitrogens with zero attached hydrogens (tertiary/aromatic N) is 2. The van der Waals surface area contributed by atoms with Gasteiger partial charge in [-0.2, -0.15) is 0 Å². The van der Waals surface area contributed by atoms with Crippen LogP contribution in [0.15, 0.2) is 24.3 Å². The molecule has 1 heterocycles. The van der Waals surface area contributed by atoms with Crippen molar-refractivity contribution in [1.82, 2.24) is 4.98 Å². The Labute approximate surface area is 109 Å². The summed E-state index contributed by atoms with van der Waals surface area (Å²) in [7, 11) is 1.80. The number of hydrogen-bond donors (Lipinski definition) is 0. The number of aromatic nitrogens is 1. The Bertz CT molecular complexity index is 594. The van der Waals surface area contributed by atoms with E-state index in [1.165, 1.54) is 30.4 Å². The van der Waals surface area contributed by atoms with Gasteiger partial charge in [0.15, 0.2) is 10.9 Å². The molecule has 0 bridgehead atoms. The number of rotatable bonds is 3. The molecule has 0 aliphatic carbocycles. The summed E-state index contributed by atoms with van der Waals surface area (Å²) in [6.07, 6.45) is 0. The summed E-state index contributed by atoms with van der Waals surface area (Å²) in [6, 6.07) is 6.27. The van der Waals surface area contributed by atoms with Crippen LogP contribution >= 0.6 is 11.3 Å². The van der Waals surface area contributed by atoms with Crippen molar-refractivity contribution in [2.75, 3.05) is 11.9 Å². The zero-order valence-corrected chi connectivity index (χ0v) is 11.2. The summed E-state index contributed by atoms with van der Waals surface area (Å²) in [5.41, 5.74) is 1.42. The maximum atomic E-state index is 13.2. The fraction of sp³-hybridized carbons (Fsp3) is 0.231. The first kappa shape index (κ1) is 12.7. The van der Waals surface area contributed by atoms with Crippen molar-refractivity contribution < 1.29 is 9.18 Å². The zero-order valence-electron chi connectivity index (χ0n) is 10.4. The molecule has 18 heavy (non-hydrogen) atoms. The van der Waals surface area contributed by atoms with E-state index in [1.54, 1.807) is 31.0 Å². The predicted octanol–water partition coefficient (Wildman–Crippen LogP) is 3.56. The lowest BCUT2D eigenvalue weighted by molar-refractivity contribution is 0.102. The molecule has 0 N–H and O–H groups in total. The molecule has 1 aromatic heterocycles. The second-order valence-electron chi connectivity index (χ2n) is 4.01. The number of benzene rings is 1. The summed E-state index contributed by atoms with van der Waals surface area (Å²) in [4.78, 5) is 18.1. The van der Waals surface area contributed by atoms with Gasteiger partial charge in [0.1, 0.15) is 5.82 Å². The average molecular weight is 264 g/mol. The molecule has 0 saturated carbocycles. The van der Waals surface area contributed by atoms with Crippen LogP contribution in [0.4, 0.5) is 15.2 Å². The summed E-state index contributed by atoms with van der Waals surface area (Å²) >= 11 is 1.32. The van der Waals surface area contributed by atoms with Gasteiger partial charge in [0.2, 0.25) is 0 Å². The van der Waals surface area contributed by atoms with E-state index in [0.717, 1.165) is 0 Å². The predicted molar refractivity (Wildman–Crippen MR) is 71.3 cm³/mol. The number of thiazole rings is 1. The summed E-state index contributed by atoms with van der Waals surface area (Å²) in [5.74, 6) is -0.289. The lowest BCUT2D eigenvalue weighted by Gasteiger charge is -2.15. The summed E-state index contributed by atoms with van der Waals surface area (Å²) in [5, 5.41) is 0.684. The third-order valence-corrected chi connectivity index (χ3v) is 3.92. The SMILES string of the molecule is CC(=O)c1sc(N(C)c2cccc(F)c2)nc1C. The molecule has 0 amide bonds. The Morgan fingerprint density at radius 2 is 2.17 bits per heavy atom. The fourth-order valence-electron chi connectivity index (χ4n) is 1.65. The van der Waals surface area contributed by atoms with E-state index in [4.69, 9.17) is 0 Å². The molecule has 2 rings (SSSR count). The van der Waals surface area contributed by atoms with Crippen molar-refractivity contribution in [1.29, 1.82) is 0 Å². The van der Waals surface area contributed by atoms with E-state index < -0.39 is 0 Å². The van der Waals surface area contributed by atoms with Gasteiger partial charge in [-0.1, -0.05) is 17.4 Å². The third kappa shape index (κ3) is 2.41.